The average Bonchev–Trinajstić information content (AvgIpc) is 2.86. The molecule has 0 spiro atoms. The van der Waals surface area contributed by atoms with Crippen molar-refractivity contribution in [3.63, 3.8) is 0 Å². The second-order valence-electron chi connectivity index (χ2n) is 9.61. The molecular formula is C28H31ClFN5O. The quantitative estimate of drug-likeness (QED) is 0.339. The number of hydrogen-bond donors (Lipinski definition) is 1. The van der Waals surface area contributed by atoms with E-state index in [0.29, 0.717) is 28.4 Å². The number of aromatic nitrogens is 2. The molecule has 1 saturated heterocycles. The van der Waals surface area contributed by atoms with Gasteiger partial charge in [0.15, 0.2) is 5.82 Å². The lowest BCUT2D eigenvalue weighted by atomic mass is 9.96. The summed E-state index contributed by atoms with van der Waals surface area (Å²) >= 11 is 6.79. The summed E-state index contributed by atoms with van der Waals surface area (Å²) in [6, 6.07) is 16.0. The van der Waals surface area contributed by atoms with E-state index in [2.05, 4.69) is 27.0 Å². The molecule has 36 heavy (non-hydrogen) atoms. The lowest BCUT2D eigenvalue weighted by molar-refractivity contribution is 0.264. The van der Waals surface area contributed by atoms with Crippen LogP contribution in [0.5, 0.6) is 6.01 Å². The van der Waals surface area contributed by atoms with Gasteiger partial charge in [-0.3, -0.25) is 0 Å². The van der Waals surface area contributed by atoms with E-state index in [1.54, 1.807) is 6.07 Å². The first-order valence-corrected chi connectivity index (χ1v) is 12.7. The molecule has 1 fully saturated rings. The highest BCUT2D eigenvalue weighted by atomic mass is 35.5. The molecule has 4 aromatic rings. The van der Waals surface area contributed by atoms with Gasteiger partial charge in [-0.2, -0.15) is 9.97 Å². The van der Waals surface area contributed by atoms with Gasteiger partial charge in [0, 0.05) is 43.2 Å². The lowest BCUT2D eigenvalue weighted by Crippen LogP contribution is -2.49. The Morgan fingerprint density at radius 3 is 2.75 bits per heavy atom. The molecule has 0 bridgehead atoms. The van der Waals surface area contributed by atoms with Crippen molar-refractivity contribution >= 4 is 39.1 Å². The van der Waals surface area contributed by atoms with Crippen LogP contribution < -0.4 is 15.0 Å². The molecule has 1 aromatic heterocycles. The van der Waals surface area contributed by atoms with E-state index >= 15 is 4.39 Å². The van der Waals surface area contributed by atoms with Crippen molar-refractivity contribution in [3.8, 4) is 17.1 Å². The Balaban J connectivity index is 1.66. The predicted octanol–water partition coefficient (Wildman–Crippen LogP) is 5.37. The fourth-order valence-corrected chi connectivity index (χ4v) is 5.12. The van der Waals surface area contributed by atoms with Crippen LogP contribution in [0.3, 0.4) is 0 Å². The summed E-state index contributed by atoms with van der Waals surface area (Å²) in [4.78, 5) is 13.5. The van der Waals surface area contributed by atoms with Gasteiger partial charge >= 0.3 is 6.01 Å². The van der Waals surface area contributed by atoms with Gasteiger partial charge in [-0.05, 0) is 49.8 Å². The molecule has 1 aliphatic rings. The van der Waals surface area contributed by atoms with E-state index in [-0.39, 0.29) is 17.6 Å². The van der Waals surface area contributed by atoms with Gasteiger partial charge in [-0.25, -0.2) is 4.39 Å². The van der Waals surface area contributed by atoms with Crippen molar-refractivity contribution in [1.82, 2.24) is 20.2 Å². The summed E-state index contributed by atoms with van der Waals surface area (Å²) < 4.78 is 22.3. The molecule has 5 rings (SSSR count). The van der Waals surface area contributed by atoms with E-state index in [9.17, 15) is 0 Å². The molecule has 1 unspecified atom stereocenters. The van der Waals surface area contributed by atoms with Crippen LogP contribution in [-0.2, 0) is 0 Å². The highest BCUT2D eigenvalue weighted by Gasteiger charge is 2.25. The summed E-state index contributed by atoms with van der Waals surface area (Å²) in [5.41, 5.74) is 1.31. The van der Waals surface area contributed by atoms with Crippen LogP contribution in [0.25, 0.3) is 32.8 Å². The van der Waals surface area contributed by atoms with Gasteiger partial charge in [0.2, 0.25) is 0 Å². The van der Waals surface area contributed by atoms with Crippen molar-refractivity contribution in [3.05, 3.63) is 59.4 Å². The number of hydrogen-bond acceptors (Lipinski definition) is 6. The lowest BCUT2D eigenvalue weighted by Gasteiger charge is -2.33. The summed E-state index contributed by atoms with van der Waals surface area (Å²) in [5, 5.41) is 6.33. The third-order valence-electron chi connectivity index (χ3n) is 6.55. The van der Waals surface area contributed by atoms with E-state index in [1.165, 1.54) is 0 Å². The van der Waals surface area contributed by atoms with Gasteiger partial charge in [0.25, 0.3) is 0 Å². The number of fused-ring (bicyclic) bond motifs is 2. The number of ether oxygens (including phenoxy) is 1. The SMILES string of the molecule is CC1CN(c2nc(OCCCN(C)C)nc3c(F)c(-c4cccc5ccccc45)c(Cl)cc23)CCN1. The van der Waals surface area contributed by atoms with Crippen LogP contribution in [-0.4, -0.2) is 67.8 Å². The van der Waals surface area contributed by atoms with Gasteiger partial charge in [0.05, 0.1) is 11.6 Å². The topological polar surface area (TPSA) is 53.5 Å². The maximum atomic E-state index is 16.4. The van der Waals surface area contributed by atoms with E-state index in [0.717, 1.165) is 48.9 Å². The number of piperazine rings is 1. The summed E-state index contributed by atoms with van der Waals surface area (Å²) in [5.74, 6) is 0.194. The molecule has 3 aromatic carbocycles. The fourth-order valence-electron chi connectivity index (χ4n) is 4.82. The zero-order chi connectivity index (χ0) is 25.2. The molecular weight excluding hydrogens is 477 g/mol. The molecule has 0 amide bonds. The second kappa shape index (κ2) is 10.5. The van der Waals surface area contributed by atoms with E-state index in [4.69, 9.17) is 21.3 Å². The Kier molecular flexibility index (Phi) is 7.23. The molecule has 0 radical (unpaired) electrons. The van der Waals surface area contributed by atoms with Crippen LogP contribution in [0, 0.1) is 5.82 Å². The average molecular weight is 508 g/mol. The molecule has 1 N–H and O–H groups in total. The highest BCUT2D eigenvalue weighted by molar-refractivity contribution is 6.35. The monoisotopic (exact) mass is 507 g/mol. The molecule has 1 aliphatic heterocycles. The Morgan fingerprint density at radius 2 is 1.94 bits per heavy atom. The highest BCUT2D eigenvalue weighted by Crippen LogP contribution is 2.41. The molecule has 1 atom stereocenters. The summed E-state index contributed by atoms with van der Waals surface area (Å²) in [6.45, 7) is 5.77. The second-order valence-corrected chi connectivity index (χ2v) is 10.0. The number of nitrogens with one attached hydrogen (secondary N) is 1. The third-order valence-corrected chi connectivity index (χ3v) is 6.85. The number of anilines is 1. The maximum Gasteiger partial charge on any atom is 0.319 e. The minimum absolute atomic E-state index is 0.188. The summed E-state index contributed by atoms with van der Waals surface area (Å²) in [7, 11) is 4.04. The van der Waals surface area contributed by atoms with Gasteiger partial charge < -0.3 is 19.9 Å². The van der Waals surface area contributed by atoms with Crippen molar-refractivity contribution in [2.24, 2.45) is 0 Å². The maximum absolute atomic E-state index is 16.4. The molecule has 8 heteroatoms. The third kappa shape index (κ3) is 4.96. The summed E-state index contributed by atoms with van der Waals surface area (Å²) in [6.07, 6.45) is 0.818. The van der Waals surface area contributed by atoms with Crippen LogP contribution >= 0.6 is 11.6 Å². The number of halogens is 2. The molecule has 2 heterocycles. The van der Waals surface area contributed by atoms with Crippen molar-refractivity contribution in [1.29, 1.82) is 0 Å². The Bertz CT molecular complexity index is 1390. The number of nitrogens with zero attached hydrogens (tertiary/aromatic N) is 4. The number of benzene rings is 3. The molecule has 6 nitrogen and oxygen atoms in total. The Hall–Kier alpha value is -3.00. The van der Waals surface area contributed by atoms with E-state index in [1.807, 2.05) is 56.6 Å². The first kappa shape index (κ1) is 24.7. The van der Waals surface area contributed by atoms with Crippen LogP contribution in [0.15, 0.2) is 48.5 Å². The van der Waals surface area contributed by atoms with Gasteiger partial charge in [0.1, 0.15) is 11.3 Å². The van der Waals surface area contributed by atoms with Crippen LogP contribution in [0.4, 0.5) is 10.2 Å². The normalized spacial score (nSPS) is 16.3. The fraction of sp³-hybridized carbons (Fsp3) is 0.357. The molecule has 0 aliphatic carbocycles. The van der Waals surface area contributed by atoms with Gasteiger partial charge in [-0.15, -0.1) is 0 Å². The first-order chi connectivity index (χ1) is 17.4. The zero-order valence-corrected chi connectivity index (χ0v) is 21.6. The standard InChI is InChI=1S/C28H31ClFN5O/c1-18-17-35(14-12-31-18)27-22-16-23(29)24(21-11-6-9-19-8-4-5-10-20(19)21)25(30)26(22)32-28(33-27)36-15-7-13-34(2)3/h4-6,8-11,16,18,31H,7,12-15,17H2,1-3H3. The Morgan fingerprint density at radius 1 is 1.14 bits per heavy atom. The smallest absolute Gasteiger partial charge is 0.319 e. The van der Waals surface area contributed by atoms with Crippen LogP contribution in [0.2, 0.25) is 5.02 Å². The van der Waals surface area contributed by atoms with Crippen molar-refractivity contribution in [2.75, 3.05) is 51.8 Å². The number of rotatable bonds is 7. The van der Waals surface area contributed by atoms with Crippen molar-refractivity contribution < 1.29 is 9.13 Å². The minimum Gasteiger partial charge on any atom is -0.463 e. The molecule has 0 saturated carbocycles. The molecule has 188 valence electrons. The minimum atomic E-state index is -0.459. The predicted molar refractivity (Wildman–Crippen MR) is 146 cm³/mol. The van der Waals surface area contributed by atoms with Gasteiger partial charge in [-0.1, -0.05) is 54.1 Å². The largest absolute Gasteiger partial charge is 0.463 e. The van der Waals surface area contributed by atoms with Crippen LogP contribution in [0.1, 0.15) is 13.3 Å². The Labute approximate surface area is 216 Å². The van der Waals surface area contributed by atoms with E-state index < -0.39 is 5.82 Å². The zero-order valence-electron chi connectivity index (χ0n) is 20.9. The van der Waals surface area contributed by atoms with Crippen molar-refractivity contribution in [2.45, 2.75) is 19.4 Å². The first-order valence-electron chi connectivity index (χ1n) is 12.4.